The van der Waals surface area contributed by atoms with Gasteiger partial charge in [-0.25, -0.2) is 8.78 Å². The first-order chi connectivity index (χ1) is 7.51. The maximum atomic E-state index is 13.3. The summed E-state index contributed by atoms with van der Waals surface area (Å²) in [7, 11) is 1.14. The maximum Gasteiger partial charge on any atom is 0.190 e. The molecule has 0 aromatic heterocycles. The highest BCUT2D eigenvalue weighted by Gasteiger charge is 2.21. The van der Waals surface area contributed by atoms with Crippen LogP contribution in [0.1, 0.15) is 11.7 Å². The number of methoxy groups -OCH3 is 1. The summed E-state index contributed by atoms with van der Waals surface area (Å²) in [5, 5.41) is 18.8. The summed E-state index contributed by atoms with van der Waals surface area (Å²) in [6, 6.07) is 1.83. The average Bonchev–Trinajstić information content (AvgIpc) is 2.26. The zero-order valence-corrected chi connectivity index (χ0v) is 9.42. The molecule has 2 atom stereocenters. The molecule has 0 saturated carbocycles. The second-order valence-corrected chi connectivity index (χ2v) is 3.58. The second kappa shape index (κ2) is 5.47. The van der Waals surface area contributed by atoms with Gasteiger partial charge in [-0.2, -0.15) is 12.6 Å². The maximum absolute atomic E-state index is 13.3. The Morgan fingerprint density at radius 3 is 2.19 bits per heavy atom. The van der Waals surface area contributed by atoms with Gasteiger partial charge in [0.05, 0.1) is 13.2 Å². The summed E-state index contributed by atoms with van der Waals surface area (Å²) in [4.78, 5) is 0. The molecule has 0 bridgehead atoms. The lowest BCUT2D eigenvalue weighted by Crippen LogP contribution is -2.20. The lowest BCUT2D eigenvalue weighted by molar-refractivity contribution is 0.0333. The second-order valence-electron chi connectivity index (χ2n) is 3.21. The molecule has 16 heavy (non-hydrogen) atoms. The Morgan fingerprint density at radius 2 is 1.81 bits per heavy atom. The van der Waals surface area contributed by atoms with Gasteiger partial charge in [0.25, 0.3) is 0 Å². The number of ether oxygens (including phenoxy) is 1. The highest BCUT2D eigenvalue weighted by Crippen LogP contribution is 2.27. The van der Waals surface area contributed by atoms with Crippen LogP contribution in [0.4, 0.5) is 8.78 Å². The molecule has 1 aromatic carbocycles. The van der Waals surface area contributed by atoms with Crippen molar-refractivity contribution >= 4 is 12.6 Å². The quantitative estimate of drug-likeness (QED) is 0.706. The Kier molecular flexibility index (Phi) is 4.52. The zero-order valence-electron chi connectivity index (χ0n) is 8.52. The fourth-order valence-electron chi connectivity index (χ4n) is 1.27. The number of rotatable bonds is 4. The van der Waals surface area contributed by atoms with E-state index in [0.29, 0.717) is 0 Å². The number of thiol groups is 1. The predicted octanol–water partition coefficient (Wildman–Crippen LogP) is 1.30. The Morgan fingerprint density at radius 1 is 1.31 bits per heavy atom. The van der Waals surface area contributed by atoms with Crippen molar-refractivity contribution in [3.63, 3.8) is 0 Å². The van der Waals surface area contributed by atoms with E-state index in [1.807, 2.05) is 0 Å². The number of halogens is 2. The molecule has 0 saturated heterocycles. The van der Waals surface area contributed by atoms with Gasteiger partial charge in [-0.05, 0) is 17.7 Å². The summed E-state index contributed by atoms with van der Waals surface area (Å²) in [5.74, 6) is -2.39. The summed E-state index contributed by atoms with van der Waals surface area (Å²) in [6.07, 6.45) is -2.57. The first-order valence-electron chi connectivity index (χ1n) is 4.51. The van der Waals surface area contributed by atoms with Crippen molar-refractivity contribution in [1.82, 2.24) is 0 Å². The Hall–Kier alpha value is -0.850. The number of aliphatic hydroxyl groups excluding tert-OH is 2. The van der Waals surface area contributed by atoms with E-state index in [-0.39, 0.29) is 11.3 Å². The van der Waals surface area contributed by atoms with Crippen LogP contribution in [0.2, 0.25) is 0 Å². The fraction of sp³-hybridized carbons (Fsp3) is 0.400. The van der Waals surface area contributed by atoms with Gasteiger partial charge < -0.3 is 14.9 Å². The summed E-state index contributed by atoms with van der Waals surface area (Å²) < 4.78 is 31.0. The molecule has 90 valence electrons. The molecular weight excluding hydrogens is 238 g/mol. The Bertz CT molecular complexity index is 350. The van der Waals surface area contributed by atoms with Crippen molar-refractivity contribution < 1.29 is 23.7 Å². The van der Waals surface area contributed by atoms with Gasteiger partial charge in [-0.15, -0.1) is 0 Å². The molecule has 0 amide bonds. The third kappa shape index (κ3) is 2.63. The molecule has 0 aliphatic carbocycles. The third-order valence-electron chi connectivity index (χ3n) is 2.12. The van der Waals surface area contributed by atoms with Crippen molar-refractivity contribution in [1.29, 1.82) is 0 Å². The van der Waals surface area contributed by atoms with E-state index in [9.17, 15) is 19.0 Å². The molecular formula is C10H12F2O3S. The van der Waals surface area contributed by atoms with Crippen LogP contribution in [0.25, 0.3) is 0 Å². The lowest BCUT2D eigenvalue weighted by atomic mass is 10.0. The molecule has 1 rings (SSSR count). The molecule has 2 unspecified atom stereocenters. The summed E-state index contributed by atoms with van der Waals surface area (Å²) >= 11 is 3.77. The molecule has 1 aromatic rings. The van der Waals surface area contributed by atoms with Crippen LogP contribution < -0.4 is 4.74 Å². The molecule has 3 nitrogen and oxygen atoms in total. The SMILES string of the molecule is COc1c(F)cc(C(O)C(O)CS)cc1F. The monoisotopic (exact) mass is 250 g/mol. The van der Waals surface area contributed by atoms with E-state index in [4.69, 9.17) is 0 Å². The van der Waals surface area contributed by atoms with Crippen LogP contribution in [0.15, 0.2) is 12.1 Å². The van der Waals surface area contributed by atoms with Crippen LogP contribution in [0.3, 0.4) is 0 Å². The Labute approximate surface area is 97.1 Å². The first kappa shape index (κ1) is 13.2. The molecule has 0 spiro atoms. The number of benzene rings is 1. The molecule has 2 N–H and O–H groups in total. The fourth-order valence-corrected chi connectivity index (χ4v) is 1.47. The molecule has 0 radical (unpaired) electrons. The van der Waals surface area contributed by atoms with Crippen molar-refractivity contribution in [2.45, 2.75) is 12.2 Å². The average molecular weight is 250 g/mol. The minimum absolute atomic E-state index is 0.0174. The van der Waals surface area contributed by atoms with Crippen molar-refractivity contribution in [2.75, 3.05) is 12.9 Å². The standard InChI is InChI=1S/C10H12F2O3S/c1-15-10-6(11)2-5(3-7(10)12)9(14)8(13)4-16/h2-3,8-9,13-14,16H,4H2,1H3. The highest BCUT2D eigenvalue weighted by atomic mass is 32.1. The van der Waals surface area contributed by atoms with Gasteiger partial charge in [0.2, 0.25) is 0 Å². The van der Waals surface area contributed by atoms with Crippen molar-refractivity contribution in [3.8, 4) is 5.75 Å². The van der Waals surface area contributed by atoms with E-state index >= 15 is 0 Å². The van der Waals surface area contributed by atoms with E-state index in [0.717, 1.165) is 19.2 Å². The van der Waals surface area contributed by atoms with Gasteiger partial charge in [0.15, 0.2) is 17.4 Å². The number of hydrogen-bond donors (Lipinski definition) is 3. The van der Waals surface area contributed by atoms with Crippen molar-refractivity contribution in [2.24, 2.45) is 0 Å². The van der Waals surface area contributed by atoms with E-state index < -0.39 is 29.6 Å². The van der Waals surface area contributed by atoms with Crippen LogP contribution in [0.5, 0.6) is 5.75 Å². The van der Waals surface area contributed by atoms with Crippen LogP contribution in [-0.2, 0) is 0 Å². The number of aliphatic hydroxyl groups is 2. The molecule has 0 heterocycles. The molecule has 0 aliphatic heterocycles. The summed E-state index contributed by atoms with van der Waals surface area (Å²) in [5.41, 5.74) is -0.0580. The molecule has 0 fully saturated rings. The minimum atomic E-state index is -1.38. The van der Waals surface area contributed by atoms with Gasteiger partial charge in [0.1, 0.15) is 6.10 Å². The van der Waals surface area contributed by atoms with Gasteiger partial charge in [-0.3, -0.25) is 0 Å². The minimum Gasteiger partial charge on any atom is -0.491 e. The Balaban J connectivity index is 3.08. The van der Waals surface area contributed by atoms with E-state index in [1.165, 1.54) is 0 Å². The zero-order chi connectivity index (χ0) is 12.3. The third-order valence-corrected chi connectivity index (χ3v) is 2.49. The van der Waals surface area contributed by atoms with E-state index in [1.54, 1.807) is 0 Å². The van der Waals surface area contributed by atoms with Crippen LogP contribution in [0, 0.1) is 11.6 Å². The van der Waals surface area contributed by atoms with E-state index in [2.05, 4.69) is 17.4 Å². The first-order valence-corrected chi connectivity index (χ1v) is 5.14. The highest BCUT2D eigenvalue weighted by molar-refractivity contribution is 7.80. The number of hydrogen-bond acceptors (Lipinski definition) is 4. The smallest absolute Gasteiger partial charge is 0.190 e. The normalized spacial score (nSPS) is 14.6. The van der Waals surface area contributed by atoms with Crippen molar-refractivity contribution in [3.05, 3.63) is 29.3 Å². The van der Waals surface area contributed by atoms with Gasteiger partial charge in [-0.1, -0.05) is 0 Å². The molecule has 6 heteroatoms. The summed E-state index contributed by atoms with van der Waals surface area (Å²) in [6.45, 7) is 0. The molecule has 0 aliphatic rings. The van der Waals surface area contributed by atoms with Gasteiger partial charge >= 0.3 is 0 Å². The van der Waals surface area contributed by atoms with Gasteiger partial charge in [0, 0.05) is 5.75 Å². The largest absolute Gasteiger partial charge is 0.491 e. The lowest BCUT2D eigenvalue weighted by Gasteiger charge is -2.17. The van der Waals surface area contributed by atoms with Crippen LogP contribution >= 0.6 is 12.6 Å². The topological polar surface area (TPSA) is 49.7 Å². The predicted molar refractivity (Wildman–Crippen MR) is 57.7 cm³/mol. The van der Waals surface area contributed by atoms with Crippen LogP contribution in [-0.4, -0.2) is 29.2 Å².